The van der Waals surface area contributed by atoms with Crippen LogP contribution >= 0.6 is 27.5 Å². The van der Waals surface area contributed by atoms with Crippen molar-refractivity contribution in [3.05, 3.63) is 50.7 Å². The van der Waals surface area contributed by atoms with Gasteiger partial charge in [-0.1, -0.05) is 33.6 Å². The van der Waals surface area contributed by atoms with E-state index in [2.05, 4.69) is 21.0 Å². The molecule has 1 aromatic heterocycles. The molecular formula is C12H13BrClN3. The van der Waals surface area contributed by atoms with Crippen molar-refractivity contribution in [3.8, 4) is 0 Å². The first-order chi connectivity index (χ1) is 8.11. The van der Waals surface area contributed by atoms with E-state index in [1.165, 1.54) is 0 Å². The third-order valence-corrected chi connectivity index (χ3v) is 3.61. The summed E-state index contributed by atoms with van der Waals surface area (Å²) in [4.78, 5) is 0. The smallest absolute Gasteiger partial charge is 0.0677 e. The topological polar surface area (TPSA) is 43.8 Å². The normalized spacial score (nSPS) is 10.8. The maximum atomic E-state index is 6.18. The van der Waals surface area contributed by atoms with Crippen LogP contribution in [0.5, 0.6) is 0 Å². The van der Waals surface area contributed by atoms with Crippen molar-refractivity contribution < 1.29 is 0 Å². The molecule has 0 bridgehead atoms. The van der Waals surface area contributed by atoms with E-state index < -0.39 is 0 Å². The van der Waals surface area contributed by atoms with Gasteiger partial charge >= 0.3 is 0 Å². The molecule has 0 unspecified atom stereocenters. The zero-order chi connectivity index (χ0) is 12.4. The van der Waals surface area contributed by atoms with Crippen LogP contribution in [0.3, 0.4) is 0 Å². The lowest BCUT2D eigenvalue weighted by Crippen LogP contribution is -2.06. The van der Waals surface area contributed by atoms with Crippen LogP contribution < -0.4 is 5.73 Å². The third-order valence-electron chi connectivity index (χ3n) is 2.76. The fraction of sp³-hybridized carbons (Fsp3) is 0.250. The van der Waals surface area contributed by atoms with E-state index in [9.17, 15) is 0 Å². The molecule has 90 valence electrons. The van der Waals surface area contributed by atoms with Gasteiger partial charge in [-0.2, -0.15) is 5.10 Å². The van der Waals surface area contributed by atoms with Gasteiger partial charge in [0.1, 0.15) is 0 Å². The average Bonchev–Trinajstić information content (AvgIpc) is 2.64. The molecule has 2 N–H and O–H groups in total. The standard InChI is InChI=1S/C12H13BrClN3/c1-8-10(5-15)6-16-17(8)7-9-2-3-11(13)4-12(9)14/h2-4,6H,5,7,15H2,1H3. The minimum atomic E-state index is 0.514. The van der Waals surface area contributed by atoms with Gasteiger partial charge in [0.05, 0.1) is 12.7 Å². The van der Waals surface area contributed by atoms with E-state index in [-0.39, 0.29) is 0 Å². The largest absolute Gasteiger partial charge is 0.326 e. The van der Waals surface area contributed by atoms with Gasteiger partial charge in [0.25, 0.3) is 0 Å². The van der Waals surface area contributed by atoms with E-state index in [0.717, 1.165) is 26.3 Å². The summed E-state index contributed by atoms with van der Waals surface area (Å²) in [5.74, 6) is 0. The summed E-state index contributed by atoms with van der Waals surface area (Å²) in [5, 5.41) is 5.05. The number of nitrogens with two attached hydrogens (primary N) is 1. The van der Waals surface area contributed by atoms with Crippen LogP contribution in [0.15, 0.2) is 28.9 Å². The predicted octanol–water partition coefficient (Wildman–Crippen LogP) is 3.11. The molecule has 1 heterocycles. The second-order valence-corrected chi connectivity index (χ2v) is 5.18. The van der Waals surface area contributed by atoms with Gasteiger partial charge in [0, 0.05) is 27.3 Å². The number of halogens is 2. The van der Waals surface area contributed by atoms with Crippen molar-refractivity contribution >= 4 is 27.5 Å². The number of hydrogen-bond donors (Lipinski definition) is 1. The summed E-state index contributed by atoms with van der Waals surface area (Å²) in [6, 6.07) is 5.86. The lowest BCUT2D eigenvalue weighted by Gasteiger charge is -2.07. The van der Waals surface area contributed by atoms with Gasteiger partial charge in [0.15, 0.2) is 0 Å². The molecule has 2 aromatic rings. The van der Waals surface area contributed by atoms with Crippen molar-refractivity contribution in [1.29, 1.82) is 0 Å². The van der Waals surface area contributed by atoms with E-state index in [1.807, 2.05) is 36.0 Å². The van der Waals surface area contributed by atoms with Gasteiger partial charge in [-0.25, -0.2) is 0 Å². The molecular weight excluding hydrogens is 302 g/mol. The monoisotopic (exact) mass is 313 g/mol. The Bertz CT molecular complexity index is 537. The summed E-state index contributed by atoms with van der Waals surface area (Å²) < 4.78 is 2.89. The maximum Gasteiger partial charge on any atom is 0.0677 e. The lowest BCUT2D eigenvalue weighted by atomic mass is 10.2. The molecule has 0 aliphatic carbocycles. The quantitative estimate of drug-likeness (QED) is 0.946. The van der Waals surface area contributed by atoms with E-state index in [1.54, 1.807) is 0 Å². The lowest BCUT2D eigenvalue weighted by molar-refractivity contribution is 0.663. The molecule has 17 heavy (non-hydrogen) atoms. The highest BCUT2D eigenvalue weighted by Crippen LogP contribution is 2.22. The van der Waals surface area contributed by atoms with Gasteiger partial charge < -0.3 is 5.73 Å². The van der Waals surface area contributed by atoms with Crippen LogP contribution in [0.4, 0.5) is 0 Å². The van der Waals surface area contributed by atoms with E-state index >= 15 is 0 Å². The molecule has 0 aliphatic heterocycles. The first-order valence-corrected chi connectivity index (χ1v) is 6.44. The molecule has 0 saturated carbocycles. The zero-order valence-corrected chi connectivity index (χ0v) is 11.8. The van der Waals surface area contributed by atoms with Crippen LogP contribution in [0.2, 0.25) is 5.02 Å². The molecule has 0 fully saturated rings. The molecule has 0 aliphatic rings. The summed E-state index contributed by atoms with van der Waals surface area (Å²) in [7, 11) is 0. The highest BCUT2D eigenvalue weighted by molar-refractivity contribution is 9.10. The van der Waals surface area contributed by atoms with Crippen LogP contribution in [0, 0.1) is 6.92 Å². The average molecular weight is 315 g/mol. The zero-order valence-electron chi connectivity index (χ0n) is 9.45. The molecule has 2 rings (SSSR count). The van der Waals surface area contributed by atoms with E-state index in [4.69, 9.17) is 17.3 Å². The predicted molar refractivity (Wildman–Crippen MR) is 73.1 cm³/mol. The summed E-state index contributed by atoms with van der Waals surface area (Å²) in [6.07, 6.45) is 1.81. The van der Waals surface area contributed by atoms with Crippen molar-refractivity contribution in [2.75, 3.05) is 0 Å². The molecule has 0 amide bonds. The Morgan fingerprint density at radius 2 is 2.18 bits per heavy atom. The van der Waals surface area contributed by atoms with Crippen LogP contribution in [0.1, 0.15) is 16.8 Å². The molecule has 0 atom stereocenters. The molecule has 0 radical (unpaired) electrons. The molecule has 0 saturated heterocycles. The van der Waals surface area contributed by atoms with Crippen LogP contribution in [0.25, 0.3) is 0 Å². The van der Waals surface area contributed by atoms with Gasteiger partial charge in [0.2, 0.25) is 0 Å². The summed E-state index contributed by atoms with van der Waals surface area (Å²) >= 11 is 9.56. The maximum absolute atomic E-state index is 6.18. The Hall–Kier alpha value is -0.840. The minimum absolute atomic E-state index is 0.514. The number of aromatic nitrogens is 2. The number of nitrogens with zero attached hydrogens (tertiary/aromatic N) is 2. The Balaban J connectivity index is 2.28. The van der Waals surface area contributed by atoms with Gasteiger partial charge in [-0.15, -0.1) is 0 Å². The Labute approximate surface area is 114 Å². The van der Waals surface area contributed by atoms with Crippen LogP contribution in [-0.4, -0.2) is 9.78 Å². The van der Waals surface area contributed by atoms with E-state index in [0.29, 0.717) is 13.1 Å². The highest BCUT2D eigenvalue weighted by Gasteiger charge is 2.07. The second kappa shape index (κ2) is 5.21. The van der Waals surface area contributed by atoms with Gasteiger partial charge in [-0.3, -0.25) is 4.68 Å². The third kappa shape index (κ3) is 2.70. The Morgan fingerprint density at radius 1 is 1.41 bits per heavy atom. The summed E-state index contributed by atoms with van der Waals surface area (Å²) in [5.41, 5.74) is 8.82. The fourth-order valence-electron chi connectivity index (χ4n) is 1.66. The molecule has 1 aromatic carbocycles. The Kier molecular flexibility index (Phi) is 3.86. The van der Waals surface area contributed by atoms with Crippen molar-refractivity contribution in [2.45, 2.75) is 20.0 Å². The van der Waals surface area contributed by atoms with Crippen molar-refractivity contribution in [2.24, 2.45) is 5.73 Å². The molecule has 5 heteroatoms. The van der Waals surface area contributed by atoms with Crippen molar-refractivity contribution in [3.63, 3.8) is 0 Å². The van der Waals surface area contributed by atoms with Crippen molar-refractivity contribution in [1.82, 2.24) is 9.78 Å². The Morgan fingerprint density at radius 3 is 2.76 bits per heavy atom. The fourth-order valence-corrected chi connectivity index (χ4v) is 2.39. The molecule has 3 nitrogen and oxygen atoms in total. The number of rotatable bonds is 3. The summed E-state index contributed by atoms with van der Waals surface area (Å²) in [6.45, 7) is 3.19. The first kappa shape index (κ1) is 12.6. The highest BCUT2D eigenvalue weighted by atomic mass is 79.9. The second-order valence-electron chi connectivity index (χ2n) is 3.85. The number of benzene rings is 1. The number of hydrogen-bond acceptors (Lipinski definition) is 2. The molecule has 0 spiro atoms. The SMILES string of the molecule is Cc1c(CN)cnn1Cc1ccc(Br)cc1Cl. The van der Waals surface area contributed by atoms with Gasteiger partial charge in [-0.05, 0) is 24.6 Å². The minimum Gasteiger partial charge on any atom is -0.326 e. The van der Waals surface area contributed by atoms with Crippen LogP contribution in [-0.2, 0) is 13.1 Å². The first-order valence-electron chi connectivity index (χ1n) is 5.27.